The molecule has 1 unspecified atom stereocenters. The highest BCUT2D eigenvalue weighted by atomic mass is 14.6. The van der Waals surface area contributed by atoms with Crippen LogP contribution < -0.4 is 5.73 Å². The van der Waals surface area contributed by atoms with E-state index >= 15 is 0 Å². The molecule has 1 rings (SSSR count). The van der Waals surface area contributed by atoms with Crippen molar-refractivity contribution in [3.05, 3.63) is 35.9 Å². The SMILES string of the molecule is C#CC(N)c1cc[c]cc1. The Kier molecular flexibility index (Phi) is 2.09. The minimum Gasteiger partial charge on any atom is -0.314 e. The summed E-state index contributed by atoms with van der Waals surface area (Å²) in [5, 5.41) is 0. The van der Waals surface area contributed by atoms with Crippen molar-refractivity contribution in [3.63, 3.8) is 0 Å². The molecule has 2 N–H and O–H groups in total. The van der Waals surface area contributed by atoms with Gasteiger partial charge in [-0.1, -0.05) is 30.2 Å². The third-order valence-corrected chi connectivity index (χ3v) is 1.28. The lowest BCUT2D eigenvalue weighted by Crippen LogP contribution is -2.06. The minimum absolute atomic E-state index is 0.283. The first-order chi connectivity index (χ1) is 4.84. The van der Waals surface area contributed by atoms with E-state index in [4.69, 9.17) is 12.2 Å². The van der Waals surface area contributed by atoms with Crippen molar-refractivity contribution in [2.24, 2.45) is 5.73 Å². The highest BCUT2D eigenvalue weighted by molar-refractivity contribution is 5.23. The number of nitrogens with two attached hydrogens (primary N) is 1. The summed E-state index contributed by atoms with van der Waals surface area (Å²) in [5.41, 5.74) is 6.50. The van der Waals surface area contributed by atoms with E-state index in [9.17, 15) is 0 Å². The molecule has 0 heterocycles. The molecule has 0 bridgehead atoms. The zero-order valence-electron chi connectivity index (χ0n) is 5.54. The van der Waals surface area contributed by atoms with Crippen LogP contribution in [0.25, 0.3) is 0 Å². The van der Waals surface area contributed by atoms with E-state index in [1.54, 1.807) is 12.1 Å². The molecule has 49 valence electrons. The van der Waals surface area contributed by atoms with Gasteiger partial charge in [-0.15, -0.1) is 6.42 Å². The van der Waals surface area contributed by atoms with Gasteiger partial charge in [0.2, 0.25) is 0 Å². The monoisotopic (exact) mass is 130 g/mol. The van der Waals surface area contributed by atoms with E-state index in [1.165, 1.54) is 0 Å². The van der Waals surface area contributed by atoms with Gasteiger partial charge in [0.25, 0.3) is 0 Å². The number of terminal acetylenes is 1. The second-order valence-electron chi connectivity index (χ2n) is 1.98. The Bertz CT molecular complexity index is 233. The van der Waals surface area contributed by atoms with E-state index in [-0.39, 0.29) is 6.04 Å². The molecule has 0 saturated heterocycles. The predicted octanol–water partition coefficient (Wildman–Crippen LogP) is 1.12. The fourth-order valence-corrected chi connectivity index (χ4v) is 0.703. The Morgan fingerprint density at radius 2 is 2.10 bits per heavy atom. The summed E-state index contributed by atoms with van der Waals surface area (Å²) < 4.78 is 0. The van der Waals surface area contributed by atoms with Gasteiger partial charge in [-0.2, -0.15) is 0 Å². The summed E-state index contributed by atoms with van der Waals surface area (Å²) in [7, 11) is 0. The largest absolute Gasteiger partial charge is 0.314 e. The van der Waals surface area contributed by atoms with Crippen molar-refractivity contribution in [1.29, 1.82) is 0 Å². The summed E-state index contributed by atoms with van der Waals surface area (Å²) in [6.45, 7) is 0. The molecule has 1 atom stereocenters. The molecule has 0 aliphatic heterocycles. The Labute approximate surface area is 60.9 Å². The van der Waals surface area contributed by atoms with Crippen LogP contribution >= 0.6 is 0 Å². The van der Waals surface area contributed by atoms with Crippen LogP contribution in [0.5, 0.6) is 0 Å². The van der Waals surface area contributed by atoms with E-state index in [0.29, 0.717) is 0 Å². The Balaban J connectivity index is 2.88. The molecule has 1 nitrogen and oxygen atoms in total. The molecular weight excluding hydrogens is 122 g/mol. The summed E-state index contributed by atoms with van der Waals surface area (Å²) in [5.74, 6) is 2.45. The van der Waals surface area contributed by atoms with Gasteiger partial charge < -0.3 is 5.73 Å². The fraction of sp³-hybridized carbons (Fsp3) is 0.111. The van der Waals surface area contributed by atoms with Crippen LogP contribution in [-0.4, -0.2) is 0 Å². The second-order valence-corrected chi connectivity index (χ2v) is 1.98. The van der Waals surface area contributed by atoms with E-state index < -0.39 is 0 Å². The molecular formula is C9H8N. The molecule has 0 saturated carbocycles. The molecule has 0 aliphatic rings. The molecule has 10 heavy (non-hydrogen) atoms. The molecule has 0 amide bonds. The molecule has 0 aliphatic carbocycles. The Morgan fingerprint density at radius 3 is 2.60 bits per heavy atom. The summed E-state index contributed by atoms with van der Waals surface area (Å²) in [6.07, 6.45) is 5.12. The summed E-state index contributed by atoms with van der Waals surface area (Å²) >= 11 is 0. The number of benzene rings is 1. The highest BCUT2D eigenvalue weighted by Crippen LogP contribution is 2.06. The van der Waals surface area contributed by atoms with Crippen molar-refractivity contribution in [1.82, 2.24) is 0 Å². The van der Waals surface area contributed by atoms with Crippen LogP contribution in [0.1, 0.15) is 11.6 Å². The summed E-state index contributed by atoms with van der Waals surface area (Å²) in [4.78, 5) is 0. The zero-order valence-corrected chi connectivity index (χ0v) is 5.54. The molecule has 1 heteroatoms. The van der Waals surface area contributed by atoms with Crippen LogP contribution in [0.15, 0.2) is 24.3 Å². The van der Waals surface area contributed by atoms with Gasteiger partial charge in [-0.3, -0.25) is 0 Å². The Hall–Kier alpha value is -1.26. The first kappa shape index (κ1) is 6.85. The first-order valence-electron chi connectivity index (χ1n) is 3.02. The maximum atomic E-state index is 5.54. The van der Waals surface area contributed by atoms with Crippen molar-refractivity contribution >= 4 is 0 Å². The van der Waals surface area contributed by atoms with Crippen LogP contribution in [0.2, 0.25) is 0 Å². The summed E-state index contributed by atoms with van der Waals surface area (Å²) in [6, 6.07) is 9.93. The second kappa shape index (κ2) is 3.05. The lowest BCUT2D eigenvalue weighted by atomic mass is 10.1. The lowest BCUT2D eigenvalue weighted by Gasteiger charge is -2.01. The highest BCUT2D eigenvalue weighted by Gasteiger charge is 1.97. The maximum absolute atomic E-state index is 5.54. The van der Waals surface area contributed by atoms with Crippen LogP contribution in [0, 0.1) is 18.4 Å². The average Bonchev–Trinajstić information content (AvgIpc) is 2.05. The van der Waals surface area contributed by atoms with Crippen LogP contribution in [-0.2, 0) is 0 Å². The number of rotatable bonds is 1. The normalized spacial score (nSPS) is 12.0. The lowest BCUT2D eigenvalue weighted by molar-refractivity contribution is 0.946. The minimum atomic E-state index is -0.283. The van der Waals surface area contributed by atoms with Crippen LogP contribution in [0.4, 0.5) is 0 Å². The van der Waals surface area contributed by atoms with Crippen LogP contribution in [0.3, 0.4) is 0 Å². The standard InChI is InChI=1S/C9H8N/c1-2-9(10)8-6-4-3-5-7-8/h1,4-7,9H,10H2. The molecule has 0 aromatic heterocycles. The maximum Gasteiger partial charge on any atom is 0.0918 e. The fourth-order valence-electron chi connectivity index (χ4n) is 0.703. The molecule has 1 radical (unpaired) electrons. The molecule has 0 fully saturated rings. The predicted molar refractivity (Wildman–Crippen MR) is 41.0 cm³/mol. The third-order valence-electron chi connectivity index (χ3n) is 1.28. The van der Waals surface area contributed by atoms with Gasteiger partial charge in [0, 0.05) is 0 Å². The van der Waals surface area contributed by atoms with Gasteiger partial charge in [0.1, 0.15) is 0 Å². The van der Waals surface area contributed by atoms with Gasteiger partial charge in [0.15, 0.2) is 0 Å². The number of hydrogen-bond donors (Lipinski definition) is 1. The zero-order chi connectivity index (χ0) is 7.40. The van der Waals surface area contributed by atoms with E-state index in [2.05, 4.69) is 12.0 Å². The van der Waals surface area contributed by atoms with E-state index in [0.717, 1.165) is 5.56 Å². The molecule has 1 aromatic carbocycles. The van der Waals surface area contributed by atoms with Crippen molar-refractivity contribution < 1.29 is 0 Å². The molecule has 0 spiro atoms. The van der Waals surface area contributed by atoms with Crippen molar-refractivity contribution in [2.45, 2.75) is 6.04 Å². The quantitative estimate of drug-likeness (QED) is 0.566. The van der Waals surface area contributed by atoms with Crippen molar-refractivity contribution in [3.8, 4) is 12.3 Å². The van der Waals surface area contributed by atoms with E-state index in [1.807, 2.05) is 12.1 Å². The van der Waals surface area contributed by atoms with Gasteiger partial charge in [0.05, 0.1) is 6.04 Å². The topological polar surface area (TPSA) is 26.0 Å². The Morgan fingerprint density at radius 1 is 1.50 bits per heavy atom. The smallest absolute Gasteiger partial charge is 0.0918 e. The number of hydrogen-bond acceptors (Lipinski definition) is 1. The first-order valence-corrected chi connectivity index (χ1v) is 3.02. The van der Waals surface area contributed by atoms with Crippen molar-refractivity contribution in [2.75, 3.05) is 0 Å². The molecule has 1 aromatic rings. The van der Waals surface area contributed by atoms with Gasteiger partial charge >= 0.3 is 0 Å². The third kappa shape index (κ3) is 1.37. The van der Waals surface area contributed by atoms with Gasteiger partial charge in [-0.05, 0) is 11.6 Å². The van der Waals surface area contributed by atoms with Gasteiger partial charge in [-0.25, -0.2) is 0 Å². The average molecular weight is 130 g/mol.